The molecule has 2 heteroatoms. The number of hydrogen-bond donors (Lipinski definition) is 2. The van der Waals surface area contributed by atoms with Gasteiger partial charge >= 0.3 is 0 Å². The van der Waals surface area contributed by atoms with Crippen molar-refractivity contribution in [1.82, 2.24) is 0 Å². The van der Waals surface area contributed by atoms with Crippen molar-refractivity contribution in [2.24, 2.45) is 0 Å². The Labute approximate surface area is 91.6 Å². The average molecular weight is 208 g/mol. The molecule has 0 spiro atoms. The van der Waals surface area contributed by atoms with Crippen LogP contribution in [0, 0.1) is 0 Å². The molecule has 1 atom stereocenters. The predicted molar refractivity (Wildman–Crippen MR) is 62.1 cm³/mol. The molecule has 0 saturated carbocycles. The normalized spacial score (nSPS) is 13.1. The molecule has 0 fully saturated rings. The van der Waals surface area contributed by atoms with E-state index in [1.54, 1.807) is 13.0 Å². The van der Waals surface area contributed by atoms with E-state index in [4.69, 9.17) is 0 Å². The fourth-order valence-electron chi connectivity index (χ4n) is 1.98. The Bertz CT molecular complexity index is 314. The summed E-state index contributed by atoms with van der Waals surface area (Å²) in [6.07, 6.45) is 1.40. The first-order valence-corrected chi connectivity index (χ1v) is 5.61. The summed E-state index contributed by atoms with van der Waals surface area (Å²) in [5.74, 6) is 0.643. The van der Waals surface area contributed by atoms with E-state index in [9.17, 15) is 10.2 Å². The van der Waals surface area contributed by atoms with E-state index in [1.807, 2.05) is 12.1 Å². The molecule has 2 N–H and O–H groups in total. The molecule has 84 valence electrons. The van der Waals surface area contributed by atoms with Crippen molar-refractivity contribution >= 4 is 0 Å². The van der Waals surface area contributed by atoms with Gasteiger partial charge in [-0.25, -0.2) is 0 Å². The van der Waals surface area contributed by atoms with E-state index < -0.39 is 6.10 Å². The summed E-state index contributed by atoms with van der Waals surface area (Å²) < 4.78 is 0. The fourth-order valence-corrected chi connectivity index (χ4v) is 1.98. The maximum absolute atomic E-state index is 10.0. The average Bonchev–Trinajstić information content (AvgIpc) is 2.21. The molecule has 0 aliphatic carbocycles. The molecule has 1 aromatic rings. The molecule has 1 aromatic carbocycles. The molecule has 0 heterocycles. The van der Waals surface area contributed by atoms with Gasteiger partial charge in [0.2, 0.25) is 0 Å². The van der Waals surface area contributed by atoms with E-state index in [1.165, 1.54) is 0 Å². The Hall–Kier alpha value is -1.02. The van der Waals surface area contributed by atoms with Crippen LogP contribution in [0.3, 0.4) is 0 Å². The maximum Gasteiger partial charge on any atom is 0.124 e. The Morgan fingerprint density at radius 1 is 1.13 bits per heavy atom. The highest BCUT2D eigenvalue weighted by atomic mass is 16.3. The van der Waals surface area contributed by atoms with Gasteiger partial charge in [-0.2, -0.15) is 0 Å². The molecule has 1 unspecified atom stereocenters. The highest BCUT2D eigenvalue weighted by Gasteiger charge is 2.16. The monoisotopic (exact) mass is 208 g/mol. The van der Waals surface area contributed by atoms with Gasteiger partial charge < -0.3 is 10.2 Å². The lowest BCUT2D eigenvalue weighted by Gasteiger charge is -2.17. The third kappa shape index (κ3) is 2.51. The van der Waals surface area contributed by atoms with Gasteiger partial charge in [0.1, 0.15) is 5.75 Å². The number of aliphatic hydroxyl groups excluding tert-OH is 1. The molecule has 0 amide bonds. The number of para-hydroxylation sites is 1. The molecular formula is C13H20O2. The lowest BCUT2D eigenvalue weighted by molar-refractivity contribution is 0.194. The van der Waals surface area contributed by atoms with Crippen molar-refractivity contribution in [3.8, 4) is 5.75 Å². The lowest BCUT2D eigenvalue weighted by atomic mass is 9.91. The van der Waals surface area contributed by atoms with Crippen LogP contribution in [0.25, 0.3) is 0 Å². The quantitative estimate of drug-likeness (QED) is 0.796. The van der Waals surface area contributed by atoms with Gasteiger partial charge in [-0.05, 0) is 31.2 Å². The smallest absolute Gasteiger partial charge is 0.124 e. The van der Waals surface area contributed by atoms with E-state index in [-0.39, 0.29) is 5.75 Å². The number of rotatable bonds is 4. The summed E-state index contributed by atoms with van der Waals surface area (Å²) in [5.41, 5.74) is 1.58. The van der Waals surface area contributed by atoms with Crippen LogP contribution in [-0.2, 0) is 0 Å². The minimum absolute atomic E-state index is 0.265. The Morgan fingerprint density at radius 2 is 1.67 bits per heavy atom. The summed E-state index contributed by atoms with van der Waals surface area (Å²) in [5, 5.41) is 19.5. The standard InChI is InChI=1S/C13H20O2/c1-4-10(5-2)12-8-6-7-11(9(3)14)13(12)15/h6-10,14-15H,4-5H2,1-3H3. The fraction of sp³-hybridized carbons (Fsp3) is 0.538. The van der Waals surface area contributed by atoms with Gasteiger partial charge in [0, 0.05) is 5.56 Å². The van der Waals surface area contributed by atoms with Gasteiger partial charge in [-0.15, -0.1) is 0 Å². The zero-order valence-corrected chi connectivity index (χ0v) is 9.70. The summed E-state index contributed by atoms with van der Waals surface area (Å²) in [4.78, 5) is 0. The molecule has 0 radical (unpaired) electrons. The molecular weight excluding hydrogens is 188 g/mol. The van der Waals surface area contributed by atoms with Gasteiger partial charge in [0.05, 0.1) is 6.10 Å². The van der Waals surface area contributed by atoms with Gasteiger partial charge in [-0.3, -0.25) is 0 Å². The van der Waals surface area contributed by atoms with Crippen LogP contribution >= 0.6 is 0 Å². The SMILES string of the molecule is CCC(CC)c1cccc(C(C)O)c1O. The first-order valence-electron chi connectivity index (χ1n) is 5.61. The van der Waals surface area contributed by atoms with Gasteiger partial charge in [0.25, 0.3) is 0 Å². The van der Waals surface area contributed by atoms with Gasteiger partial charge in [-0.1, -0.05) is 32.0 Å². The Morgan fingerprint density at radius 3 is 2.13 bits per heavy atom. The van der Waals surface area contributed by atoms with Crippen LogP contribution < -0.4 is 0 Å². The second kappa shape index (κ2) is 5.17. The number of benzene rings is 1. The molecule has 0 saturated heterocycles. The second-order valence-electron chi connectivity index (χ2n) is 3.97. The van der Waals surface area contributed by atoms with Crippen LogP contribution in [0.15, 0.2) is 18.2 Å². The molecule has 0 aromatic heterocycles. The largest absolute Gasteiger partial charge is 0.507 e. The second-order valence-corrected chi connectivity index (χ2v) is 3.97. The van der Waals surface area contributed by atoms with Gasteiger partial charge in [0.15, 0.2) is 0 Å². The summed E-state index contributed by atoms with van der Waals surface area (Å²) in [7, 11) is 0. The summed E-state index contributed by atoms with van der Waals surface area (Å²) in [6.45, 7) is 5.90. The summed E-state index contributed by atoms with van der Waals surface area (Å²) >= 11 is 0. The zero-order valence-electron chi connectivity index (χ0n) is 9.70. The molecule has 1 rings (SSSR count). The van der Waals surface area contributed by atoms with Crippen molar-refractivity contribution in [2.45, 2.75) is 45.6 Å². The zero-order chi connectivity index (χ0) is 11.4. The number of phenols is 1. The van der Waals surface area contributed by atoms with Crippen LogP contribution in [0.5, 0.6) is 5.75 Å². The molecule has 0 aliphatic heterocycles. The van der Waals surface area contributed by atoms with Crippen LogP contribution in [0.2, 0.25) is 0 Å². The minimum atomic E-state index is -0.612. The summed E-state index contributed by atoms with van der Waals surface area (Å²) in [6, 6.07) is 5.61. The van der Waals surface area contributed by atoms with Crippen LogP contribution in [-0.4, -0.2) is 10.2 Å². The molecule has 0 aliphatic rings. The third-order valence-electron chi connectivity index (χ3n) is 2.97. The lowest BCUT2D eigenvalue weighted by Crippen LogP contribution is -2.00. The van der Waals surface area contributed by atoms with E-state index in [0.717, 1.165) is 18.4 Å². The highest BCUT2D eigenvalue weighted by Crippen LogP contribution is 2.35. The highest BCUT2D eigenvalue weighted by molar-refractivity contribution is 5.43. The number of aliphatic hydroxyl groups is 1. The number of hydrogen-bond acceptors (Lipinski definition) is 2. The topological polar surface area (TPSA) is 40.5 Å². The number of aromatic hydroxyl groups is 1. The van der Waals surface area contributed by atoms with Crippen molar-refractivity contribution in [1.29, 1.82) is 0 Å². The van der Waals surface area contributed by atoms with Crippen LogP contribution in [0.1, 0.15) is 56.8 Å². The van der Waals surface area contributed by atoms with Crippen molar-refractivity contribution in [3.05, 3.63) is 29.3 Å². The van der Waals surface area contributed by atoms with Crippen molar-refractivity contribution < 1.29 is 10.2 Å². The Balaban J connectivity index is 3.14. The predicted octanol–water partition coefficient (Wildman–Crippen LogP) is 3.35. The molecule has 0 bridgehead atoms. The van der Waals surface area contributed by atoms with Crippen LogP contribution in [0.4, 0.5) is 0 Å². The van der Waals surface area contributed by atoms with E-state index in [2.05, 4.69) is 13.8 Å². The van der Waals surface area contributed by atoms with Crippen molar-refractivity contribution in [2.75, 3.05) is 0 Å². The molecule has 15 heavy (non-hydrogen) atoms. The van der Waals surface area contributed by atoms with E-state index in [0.29, 0.717) is 11.5 Å². The van der Waals surface area contributed by atoms with Crippen molar-refractivity contribution in [3.63, 3.8) is 0 Å². The first kappa shape index (κ1) is 12.1. The maximum atomic E-state index is 10.0. The Kier molecular flexibility index (Phi) is 4.15. The number of phenolic OH excluding ortho intramolecular Hbond substituents is 1. The first-order chi connectivity index (χ1) is 7.11. The van der Waals surface area contributed by atoms with E-state index >= 15 is 0 Å². The molecule has 2 nitrogen and oxygen atoms in total. The third-order valence-corrected chi connectivity index (χ3v) is 2.97. The minimum Gasteiger partial charge on any atom is -0.507 e.